The molecule has 0 saturated carbocycles. The monoisotopic (exact) mass is 1150 g/mol. The van der Waals surface area contributed by atoms with Gasteiger partial charge in [-0.05, 0) is 82.7 Å². The molecule has 0 bridgehead atoms. The Labute approximate surface area is 472 Å². The average Bonchev–Trinajstić information content (AvgIpc) is 4.06. The number of aliphatic hydroxyl groups excluding tert-OH is 3. The minimum Gasteiger partial charge on any atom is -0.480 e. The van der Waals surface area contributed by atoms with Crippen molar-refractivity contribution < 1.29 is 68.4 Å². The maximum atomic E-state index is 14.1. The van der Waals surface area contributed by atoms with Crippen LogP contribution >= 0.6 is 12.6 Å². The molecule has 81 heavy (non-hydrogen) atoms. The van der Waals surface area contributed by atoms with Crippen molar-refractivity contribution in [3.05, 3.63) is 72.1 Å². The topological polar surface area (TPSA) is 444 Å². The summed E-state index contributed by atoms with van der Waals surface area (Å²) in [5.41, 5.74) is 14.0. The number of amides is 9. The summed E-state index contributed by atoms with van der Waals surface area (Å²) in [4.78, 5) is 141. The molecule has 0 fully saturated rings. The number of aromatic amines is 2. The van der Waals surface area contributed by atoms with E-state index in [2.05, 4.69) is 70.4 Å². The summed E-state index contributed by atoms with van der Waals surface area (Å²) < 4.78 is 0. The van der Waals surface area contributed by atoms with E-state index >= 15 is 0 Å². The maximum Gasteiger partial charge on any atom is 0.326 e. The normalized spacial score (nSPS) is 15.9. The first-order chi connectivity index (χ1) is 38.3. The second kappa shape index (κ2) is 31.4. The number of carbonyl (C=O) groups is 10. The van der Waals surface area contributed by atoms with Gasteiger partial charge in [-0.25, -0.2) is 4.79 Å². The molecular formula is C53H77N13O14S. The van der Waals surface area contributed by atoms with Gasteiger partial charge in [0.05, 0.1) is 18.8 Å². The first-order valence-corrected chi connectivity index (χ1v) is 27.0. The highest BCUT2D eigenvalue weighted by Crippen LogP contribution is 2.21. The lowest BCUT2D eigenvalue weighted by Gasteiger charge is -2.30. The summed E-state index contributed by atoms with van der Waals surface area (Å²) in [6.45, 7) is 7.54. The predicted octanol–water partition coefficient (Wildman–Crippen LogP) is -3.28. The van der Waals surface area contributed by atoms with Crippen molar-refractivity contribution in [1.82, 2.24) is 57.8 Å². The van der Waals surface area contributed by atoms with Gasteiger partial charge in [0.15, 0.2) is 0 Å². The summed E-state index contributed by atoms with van der Waals surface area (Å²) in [7, 11) is 0. The Morgan fingerprint density at radius 2 is 0.926 bits per heavy atom. The van der Waals surface area contributed by atoms with Crippen LogP contribution in [0.5, 0.6) is 0 Å². The van der Waals surface area contributed by atoms with Gasteiger partial charge in [-0.15, -0.1) is 0 Å². The number of hydrogen-bond donors (Lipinski definition) is 18. The van der Waals surface area contributed by atoms with E-state index in [-0.39, 0.29) is 31.6 Å². The van der Waals surface area contributed by atoms with Crippen molar-refractivity contribution in [3.8, 4) is 0 Å². The van der Waals surface area contributed by atoms with Crippen LogP contribution < -0.4 is 59.3 Å². The standard InChI is InChI=1S/C53H77N13O14S/c1-25(2)41(64-51(77)43(29(6)69)66-52(78)42(28(5)68)65-46(72)34(55)23-67)50(76)60-37(17-11-12-18-54)47(73)59-26(3)44(70)58-27(4)45(71)63-40(24-81)49(75)61-38(19-30-21-56-35-15-9-7-13-32(30)35)48(74)62-39(53(79)80)20-31-22-57-36-16-10-8-14-33(31)36/h7-10,13-16,21-22,25-29,34,37-43,56-57,67-69,81H,11-12,17-20,23-24,54-55H2,1-6H3,(H,58,70)(H,59,73)(H,60,76)(H,61,75)(H,62,74)(H,63,71)(H,64,77)(H,65,72)(H,66,78)(H,79,80)/t26-,27-,28+,29+,34-,37-,38-,39-,40-,41-,42-,43-/m0/s1. The first kappa shape index (κ1) is 65.9. The van der Waals surface area contributed by atoms with E-state index in [1.54, 1.807) is 38.4 Å². The Morgan fingerprint density at radius 1 is 0.519 bits per heavy atom. The van der Waals surface area contributed by atoms with Gasteiger partial charge < -0.3 is 89.7 Å². The molecule has 9 amide bonds. The van der Waals surface area contributed by atoms with Crippen molar-refractivity contribution >= 4 is 93.6 Å². The van der Waals surface area contributed by atoms with Crippen molar-refractivity contribution in [1.29, 1.82) is 0 Å². The van der Waals surface area contributed by atoms with Crippen molar-refractivity contribution in [3.63, 3.8) is 0 Å². The fourth-order valence-electron chi connectivity index (χ4n) is 8.47. The third kappa shape index (κ3) is 19.0. The lowest BCUT2D eigenvalue weighted by Crippen LogP contribution is -2.63. The number of para-hydroxylation sites is 2. The molecule has 0 radical (unpaired) electrons. The molecule has 4 rings (SSSR count). The van der Waals surface area contributed by atoms with Gasteiger partial charge in [-0.1, -0.05) is 50.2 Å². The van der Waals surface area contributed by atoms with Crippen molar-refractivity contribution in [2.45, 2.75) is 146 Å². The highest BCUT2D eigenvalue weighted by molar-refractivity contribution is 7.80. The molecule has 12 atom stereocenters. The van der Waals surface area contributed by atoms with Crippen LogP contribution in [0.1, 0.15) is 71.9 Å². The Morgan fingerprint density at radius 3 is 1.41 bits per heavy atom. The van der Waals surface area contributed by atoms with Crippen molar-refractivity contribution in [2.24, 2.45) is 17.4 Å². The van der Waals surface area contributed by atoms with Gasteiger partial charge in [0.2, 0.25) is 53.2 Å². The number of nitrogens with two attached hydrogens (primary N) is 2. The van der Waals surface area contributed by atoms with Crippen LogP contribution in [0.15, 0.2) is 60.9 Å². The molecular weight excluding hydrogens is 1070 g/mol. The second-order valence-electron chi connectivity index (χ2n) is 20.1. The quantitative estimate of drug-likeness (QED) is 0.0168. The third-order valence-corrected chi connectivity index (χ3v) is 13.6. The van der Waals surface area contributed by atoms with Gasteiger partial charge >= 0.3 is 5.97 Å². The number of thiol groups is 1. The largest absolute Gasteiger partial charge is 0.480 e. The Kier molecular flexibility index (Phi) is 25.5. The SMILES string of the molecule is CC(C)[C@H](NC(=O)[C@@H](NC(=O)[C@@H](NC(=O)[C@@H](N)CO)[C@@H](C)O)[C@@H](C)O)C(=O)N[C@@H](CCCCN)C(=O)N[C@@H](C)C(=O)N[C@@H](C)C(=O)N[C@@H](CS)C(=O)N[C@@H](Cc1c[nH]c2ccccc12)C(=O)N[C@@H](Cc1c[nH]c2ccccc12)C(=O)O. The molecule has 0 aliphatic rings. The predicted molar refractivity (Wildman–Crippen MR) is 300 cm³/mol. The molecule has 28 heteroatoms. The maximum absolute atomic E-state index is 14.1. The van der Waals surface area contributed by atoms with Gasteiger partial charge in [0.1, 0.15) is 60.4 Å². The first-order valence-electron chi connectivity index (χ1n) is 26.4. The number of aliphatic hydroxyl groups is 3. The molecule has 2 aromatic carbocycles. The van der Waals surface area contributed by atoms with E-state index in [0.29, 0.717) is 24.0 Å². The molecule has 0 unspecified atom stereocenters. The van der Waals surface area contributed by atoms with Crippen molar-refractivity contribution in [2.75, 3.05) is 18.9 Å². The van der Waals surface area contributed by atoms with E-state index < -0.39 is 144 Å². The van der Waals surface area contributed by atoms with E-state index in [1.165, 1.54) is 13.8 Å². The molecule has 0 saturated heterocycles. The number of hydrogen-bond acceptors (Lipinski definition) is 16. The number of carbonyl (C=O) groups excluding carboxylic acids is 9. The number of benzene rings is 2. The molecule has 4 aromatic rings. The molecule has 2 heterocycles. The minimum absolute atomic E-state index is 0.0159. The fraction of sp³-hybridized carbons (Fsp3) is 0.509. The fourth-order valence-corrected chi connectivity index (χ4v) is 8.72. The number of carboxylic acid groups (broad SMARTS) is 1. The Balaban J connectivity index is 1.41. The lowest BCUT2D eigenvalue weighted by atomic mass is 10.0. The van der Waals surface area contributed by atoms with Crippen LogP contribution in [0, 0.1) is 5.92 Å². The lowest BCUT2D eigenvalue weighted by molar-refractivity contribution is -0.142. The average molecular weight is 1150 g/mol. The number of H-pyrrole nitrogens is 2. The minimum atomic E-state index is -1.74. The van der Waals surface area contributed by atoms with Crippen LogP contribution in [0.2, 0.25) is 0 Å². The molecule has 19 N–H and O–H groups in total. The van der Waals surface area contributed by atoms with Crippen LogP contribution in [0.4, 0.5) is 0 Å². The van der Waals surface area contributed by atoms with E-state index in [1.807, 2.05) is 36.4 Å². The summed E-state index contributed by atoms with van der Waals surface area (Å²) in [6, 6.07) is 0.153. The van der Waals surface area contributed by atoms with Crippen LogP contribution in [-0.2, 0) is 60.8 Å². The smallest absolute Gasteiger partial charge is 0.326 e. The Hall–Kier alpha value is -7.63. The molecule has 0 spiro atoms. The zero-order valence-electron chi connectivity index (χ0n) is 45.9. The summed E-state index contributed by atoms with van der Waals surface area (Å²) >= 11 is 4.27. The number of rotatable bonds is 32. The highest BCUT2D eigenvalue weighted by Gasteiger charge is 2.37. The zero-order valence-corrected chi connectivity index (χ0v) is 46.8. The molecule has 0 aliphatic heterocycles. The third-order valence-electron chi connectivity index (χ3n) is 13.3. The number of unbranched alkanes of at least 4 members (excludes halogenated alkanes) is 1. The zero-order chi connectivity index (χ0) is 60.2. The summed E-state index contributed by atoms with van der Waals surface area (Å²) in [5.74, 6) is -10.5. The van der Waals surface area contributed by atoms with E-state index in [0.717, 1.165) is 35.7 Å². The molecule has 27 nitrogen and oxygen atoms in total. The summed E-state index contributed by atoms with van der Waals surface area (Å²) in [5, 5.41) is 63.9. The van der Waals surface area contributed by atoms with E-state index in [9.17, 15) is 68.4 Å². The van der Waals surface area contributed by atoms with Gasteiger partial charge in [-0.3, -0.25) is 43.2 Å². The molecule has 0 aliphatic carbocycles. The highest BCUT2D eigenvalue weighted by atomic mass is 32.1. The van der Waals surface area contributed by atoms with Crippen LogP contribution in [-0.4, -0.2) is 181 Å². The van der Waals surface area contributed by atoms with Crippen LogP contribution in [0.25, 0.3) is 21.8 Å². The number of carboxylic acids is 1. The second-order valence-corrected chi connectivity index (χ2v) is 20.5. The van der Waals surface area contributed by atoms with Gasteiger partial charge in [0, 0.05) is 52.8 Å². The number of nitrogens with one attached hydrogen (secondary N) is 11. The van der Waals surface area contributed by atoms with Crippen LogP contribution in [0.3, 0.4) is 0 Å². The van der Waals surface area contributed by atoms with Gasteiger partial charge in [0.25, 0.3) is 0 Å². The number of aromatic nitrogens is 2. The van der Waals surface area contributed by atoms with E-state index in [4.69, 9.17) is 11.5 Å². The Bertz CT molecular complexity index is 2840. The molecule has 444 valence electrons. The summed E-state index contributed by atoms with van der Waals surface area (Å²) in [6.07, 6.45) is 0.808. The number of fused-ring (bicyclic) bond motifs is 2. The number of aliphatic carboxylic acids is 1. The molecule has 2 aromatic heterocycles. The van der Waals surface area contributed by atoms with Gasteiger partial charge in [-0.2, -0.15) is 12.6 Å².